The van der Waals surface area contributed by atoms with Gasteiger partial charge in [-0.25, -0.2) is 0 Å². The summed E-state index contributed by atoms with van der Waals surface area (Å²) in [5.74, 6) is 0. The monoisotopic (exact) mass is 252 g/mol. The van der Waals surface area contributed by atoms with Crippen molar-refractivity contribution in [3.63, 3.8) is 0 Å². The van der Waals surface area contributed by atoms with E-state index >= 15 is 0 Å². The van der Waals surface area contributed by atoms with Gasteiger partial charge in [0, 0.05) is 0 Å². The summed E-state index contributed by atoms with van der Waals surface area (Å²) < 4.78 is 36.2. The van der Waals surface area contributed by atoms with Crippen molar-refractivity contribution in [2.75, 3.05) is 0 Å². The summed E-state index contributed by atoms with van der Waals surface area (Å²) in [6.45, 7) is -0.869. The quantitative estimate of drug-likeness (QED) is 0.364. The minimum absolute atomic E-state index is 0. The van der Waals surface area contributed by atoms with Gasteiger partial charge in [0.15, 0.2) is 0 Å². The second-order valence-corrected chi connectivity index (χ2v) is 2.21. The Balaban J connectivity index is 0. The van der Waals surface area contributed by atoms with Gasteiger partial charge >= 0.3 is 109 Å². The molecule has 0 N–H and O–H groups in total. The van der Waals surface area contributed by atoms with Gasteiger partial charge in [0.05, 0.1) is 0 Å². The van der Waals surface area contributed by atoms with E-state index < -0.39 is 18.3 Å². The van der Waals surface area contributed by atoms with E-state index in [1.165, 1.54) is 6.07 Å². The molecule has 0 heterocycles. The van der Waals surface area contributed by atoms with Gasteiger partial charge in [0.2, 0.25) is 0 Å². The van der Waals surface area contributed by atoms with E-state index in [4.69, 9.17) is 0 Å². The topological polar surface area (TPSA) is 23.1 Å². The van der Waals surface area contributed by atoms with Gasteiger partial charge in [-0.1, -0.05) is 5.56 Å². The maximum atomic E-state index is 12.1. The molecule has 1 rings (SSSR count). The molecule has 0 bridgehead atoms. The van der Waals surface area contributed by atoms with Crippen molar-refractivity contribution in [3.8, 4) is 0 Å². The molecule has 0 aliphatic heterocycles. The number of halogens is 3. The smallest absolute Gasteiger partial charge is 0.860 e. The number of hydrogen-bond acceptors (Lipinski definition) is 1. The summed E-state index contributed by atoms with van der Waals surface area (Å²) in [6, 6.07) is 5.67. The maximum absolute atomic E-state index is 12.1. The molecule has 14 heavy (non-hydrogen) atoms. The molecule has 0 amide bonds. The molecule has 1 aromatic carbocycles. The summed E-state index contributed by atoms with van der Waals surface area (Å²) in [7, 11) is 0. The molecule has 1 aromatic rings. The summed E-state index contributed by atoms with van der Waals surface area (Å²) >= 11 is 0. The average Bonchev–Trinajstić information content (AvgIpc) is 2.03. The van der Waals surface area contributed by atoms with Crippen molar-refractivity contribution in [1.82, 2.24) is 0 Å². The zero-order valence-corrected chi connectivity index (χ0v) is 14.2. The summed E-state index contributed by atoms with van der Waals surface area (Å²) in [6.07, 6.45) is -4.47. The molecular formula is C8H5F3K2O. The minimum atomic E-state index is -4.47. The van der Waals surface area contributed by atoms with E-state index in [0.717, 1.165) is 12.1 Å². The third-order valence-corrected chi connectivity index (χ3v) is 1.38. The van der Waals surface area contributed by atoms with Crippen LogP contribution in [0, 0.1) is 6.07 Å². The van der Waals surface area contributed by atoms with Crippen molar-refractivity contribution in [2.45, 2.75) is 12.8 Å². The van der Waals surface area contributed by atoms with E-state index in [1.807, 2.05) is 6.07 Å². The molecule has 0 aliphatic carbocycles. The van der Waals surface area contributed by atoms with E-state index in [1.54, 1.807) is 0 Å². The first kappa shape index (κ1) is 18.6. The van der Waals surface area contributed by atoms with Crippen LogP contribution in [-0.4, -0.2) is 0 Å². The standard InChI is InChI=1S/C8H5F3O.2K/c9-8(10,11)7-4-2-1-3-6(7)5-12;;/h1-3H,5H2;;/q-2;2*+1. The van der Waals surface area contributed by atoms with Gasteiger partial charge in [0.1, 0.15) is 0 Å². The number of benzene rings is 1. The normalized spacial score (nSPS) is 10.0. The Kier molecular flexibility index (Phi) is 11.1. The molecular weight excluding hydrogens is 247 g/mol. The van der Waals surface area contributed by atoms with Crippen molar-refractivity contribution >= 4 is 0 Å². The Morgan fingerprint density at radius 2 is 1.86 bits per heavy atom. The van der Waals surface area contributed by atoms with Crippen LogP contribution in [0.25, 0.3) is 0 Å². The van der Waals surface area contributed by atoms with Crippen LogP contribution in [0.15, 0.2) is 18.2 Å². The van der Waals surface area contributed by atoms with Crippen LogP contribution in [0.2, 0.25) is 0 Å². The Morgan fingerprint density at radius 3 is 2.21 bits per heavy atom. The van der Waals surface area contributed by atoms with Crippen molar-refractivity contribution in [3.05, 3.63) is 35.4 Å². The molecule has 0 unspecified atom stereocenters. The number of hydrogen-bond donors (Lipinski definition) is 0. The van der Waals surface area contributed by atoms with Crippen LogP contribution in [0.1, 0.15) is 11.1 Å². The Morgan fingerprint density at radius 1 is 1.29 bits per heavy atom. The molecule has 0 aliphatic rings. The van der Waals surface area contributed by atoms with Crippen LogP contribution in [0.5, 0.6) is 0 Å². The third kappa shape index (κ3) is 5.54. The molecule has 6 heteroatoms. The Hall–Kier alpha value is 2.24. The van der Waals surface area contributed by atoms with Crippen LogP contribution in [-0.2, 0) is 12.8 Å². The second-order valence-electron chi connectivity index (χ2n) is 2.21. The second kappa shape index (κ2) is 8.35. The summed E-state index contributed by atoms with van der Waals surface area (Å²) in [4.78, 5) is 0. The third-order valence-electron chi connectivity index (χ3n) is 1.38. The first-order valence-corrected chi connectivity index (χ1v) is 3.20. The fourth-order valence-electron chi connectivity index (χ4n) is 0.856. The summed E-state index contributed by atoms with van der Waals surface area (Å²) in [5, 5.41) is 10.3. The van der Waals surface area contributed by atoms with E-state index in [0.29, 0.717) is 0 Å². The van der Waals surface area contributed by atoms with Crippen molar-refractivity contribution in [1.29, 1.82) is 0 Å². The Bertz CT molecular complexity index is 276. The maximum Gasteiger partial charge on any atom is 1.00 e. The molecule has 0 saturated heterocycles. The average molecular weight is 252 g/mol. The summed E-state index contributed by atoms with van der Waals surface area (Å²) in [5.41, 5.74) is -1.22. The zero-order valence-electron chi connectivity index (χ0n) is 7.98. The Labute approximate surface area is 165 Å². The fourth-order valence-corrected chi connectivity index (χ4v) is 0.856. The van der Waals surface area contributed by atoms with Gasteiger partial charge in [-0.05, 0) is 0 Å². The van der Waals surface area contributed by atoms with E-state index in [9.17, 15) is 18.3 Å². The minimum Gasteiger partial charge on any atom is -0.860 e. The fraction of sp³-hybridized carbons (Fsp3) is 0.250. The zero-order chi connectivity index (χ0) is 9.19. The molecule has 0 aromatic heterocycles. The van der Waals surface area contributed by atoms with Crippen LogP contribution < -0.4 is 108 Å². The van der Waals surface area contributed by atoms with Crippen LogP contribution in [0.3, 0.4) is 0 Å². The van der Waals surface area contributed by atoms with Crippen molar-refractivity contribution in [2.24, 2.45) is 0 Å². The molecule has 66 valence electrons. The largest absolute Gasteiger partial charge is 1.00 e. The molecule has 0 spiro atoms. The van der Waals surface area contributed by atoms with Gasteiger partial charge in [-0.2, -0.15) is 49.6 Å². The number of rotatable bonds is 1. The molecule has 0 radical (unpaired) electrons. The first-order chi connectivity index (χ1) is 5.55. The number of alkyl halides is 3. The van der Waals surface area contributed by atoms with E-state index in [2.05, 4.69) is 0 Å². The molecule has 0 atom stereocenters. The van der Waals surface area contributed by atoms with Gasteiger partial charge in [-0.15, -0.1) is 0 Å². The predicted molar refractivity (Wildman–Crippen MR) is 34.0 cm³/mol. The molecule has 1 nitrogen and oxygen atoms in total. The predicted octanol–water partition coefficient (Wildman–Crippen LogP) is -4.63. The van der Waals surface area contributed by atoms with Crippen LogP contribution in [0.4, 0.5) is 13.2 Å². The van der Waals surface area contributed by atoms with E-state index in [-0.39, 0.29) is 108 Å². The SMILES string of the molecule is [K+].[K+].[O-]Cc1ccc[c-]c1C(F)(F)F. The van der Waals surface area contributed by atoms with Gasteiger partial charge < -0.3 is 5.11 Å². The van der Waals surface area contributed by atoms with Crippen molar-refractivity contribution < 1.29 is 121 Å². The van der Waals surface area contributed by atoms with Gasteiger partial charge in [-0.3, -0.25) is 0 Å². The van der Waals surface area contributed by atoms with Gasteiger partial charge in [0.25, 0.3) is 0 Å². The molecule has 0 fully saturated rings. The molecule has 0 saturated carbocycles. The first-order valence-electron chi connectivity index (χ1n) is 3.20. The van der Waals surface area contributed by atoms with Crippen LogP contribution >= 0.6 is 0 Å².